The zero-order valence-corrected chi connectivity index (χ0v) is 20.5. The highest BCUT2D eigenvalue weighted by Gasteiger charge is 2.60. The third kappa shape index (κ3) is 3.25. The number of anilines is 1. The van der Waals surface area contributed by atoms with Crippen molar-refractivity contribution in [2.75, 3.05) is 25.0 Å². The van der Waals surface area contributed by atoms with Crippen LogP contribution in [0.4, 0.5) is 5.69 Å². The number of aromatic amines is 1. The lowest BCUT2D eigenvalue weighted by Crippen LogP contribution is -2.69. The summed E-state index contributed by atoms with van der Waals surface area (Å²) < 4.78 is 0. The molecule has 6 nitrogen and oxygen atoms in total. The molecule has 7 rings (SSSR count). The number of nitrogens with one attached hydrogen (secondary N) is 2. The predicted octanol–water partition coefficient (Wildman–Crippen LogP) is 4.85. The second-order valence-corrected chi connectivity index (χ2v) is 11.3. The van der Waals surface area contributed by atoms with Gasteiger partial charge in [0.2, 0.25) is 0 Å². The number of nitriles is 1. The van der Waals surface area contributed by atoms with Gasteiger partial charge < -0.3 is 10.3 Å². The average Bonchev–Trinajstić information content (AvgIpc) is 3.21. The highest BCUT2D eigenvalue weighted by molar-refractivity contribution is 5.85. The summed E-state index contributed by atoms with van der Waals surface area (Å²) in [6, 6.07) is 16.6. The summed E-state index contributed by atoms with van der Waals surface area (Å²) in [6.45, 7) is 5.31. The first-order valence-corrected chi connectivity index (χ1v) is 13.4. The molecule has 0 radical (unpaired) electrons. The Morgan fingerprint density at radius 1 is 1.17 bits per heavy atom. The maximum absolute atomic E-state index is 8.79. The van der Waals surface area contributed by atoms with Crippen molar-refractivity contribution < 1.29 is 0 Å². The molecule has 0 unspecified atom stereocenters. The molecule has 2 aliphatic heterocycles. The number of likely N-dealkylation sites (tertiary alicyclic amines) is 1. The third-order valence-corrected chi connectivity index (χ3v) is 9.43. The molecule has 35 heavy (non-hydrogen) atoms. The topological polar surface area (TPSA) is 71.0 Å². The smallest absolute Gasteiger partial charge is 0.0937 e. The van der Waals surface area contributed by atoms with Crippen molar-refractivity contribution in [2.24, 2.45) is 5.92 Å². The van der Waals surface area contributed by atoms with Crippen molar-refractivity contribution in [3.63, 3.8) is 0 Å². The minimum Gasteiger partial charge on any atom is -0.378 e. The van der Waals surface area contributed by atoms with E-state index in [4.69, 9.17) is 10.2 Å². The molecule has 2 atom stereocenters. The van der Waals surface area contributed by atoms with E-state index in [-0.39, 0.29) is 6.04 Å². The standard InChI is InChI=1S/C29H34N6/c1-19-15-24-23-5-2-3-6-25(23)33-27(24)28(35(19)29-11-9-20(29)10-12-29)26-8-7-21(16-31-26)32-22-17-34(18-22)14-4-13-30/h2-3,5-8,16,19-20,22,28,32-33H,4,9-12,14-15,17-18H2,1H3/t19-,20?,28-,29?/m1/s1. The summed E-state index contributed by atoms with van der Waals surface area (Å²) in [5.41, 5.74) is 6.71. The molecule has 6 heteroatoms. The highest BCUT2D eigenvalue weighted by atomic mass is 15.3. The van der Waals surface area contributed by atoms with Crippen molar-refractivity contribution in [1.82, 2.24) is 19.8 Å². The third-order valence-electron chi connectivity index (χ3n) is 9.43. The van der Waals surface area contributed by atoms with Crippen molar-refractivity contribution in [3.05, 3.63) is 59.5 Å². The van der Waals surface area contributed by atoms with Gasteiger partial charge >= 0.3 is 0 Å². The number of hydrogen-bond donors (Lipinski definition) is 2. The van der Waals surface area contributed by atoms with Gasteiger partial charge in [-0.2, -0.15) is 5.26 Å². The Kier molecular flexibility index (Phi) is 4.94. The van der Waals surface area contributed by atoms with Gasteiger partial charge in [-0.3, -0.25) is 14.8 Å². The number of pyridine rings is 1. The number of benzene rings is 1. The van der Waals surface area contributed by atoms with E-state index in [1.54, 1.807) is 0 Å². The number of hydrogen-bond acceptors (Lipinski definition) is 5. The van der Waals surface area contributed by atoms with Gasteiger partial charge in [0.05, 0.1) is 35.7 Å². The van der Waals surface area contributed by atoms with Gasteiger partial charge in [-0.1, -0.05) is 18.2 Å². The molecule has 4 aliphatic rings. The number of para-hydroxylation sites is 1. The molecule has 0 bridgehead atoms. The van der Waals surface area contributed by atoms with Crippen molar-refractivity contribution in [3.8, 4) is 6.07 Å². The Bertz CT molecular complexity index is 1270. The van der Waals surface area contributed by atoms with Gasteiger partial charge in [0.1, 0.15) is 0 Å². The molecule has 1 saturated heterocycles. The molecular formula is C29H34N6. The monoisotopic (exact) mass is 466 g/mol. The molecule has 2 saturated carbocycles. The van der Waals surface area contributed by atoms with Gasteiger partial charge in [0.25, 0.3) is 0 Å². The zero-order valence-electron chi connectivity index (χ0n) is 20.5. The van der Waals surface area contributed by atoms with Crippen LogP contribution in [-0.4, -0.2) is 57.0 Å². The normalized spacial score (nSPS) is 30.5. The van der Waals surface area contributed by atoms with E-state index in [0.717, 1.165) is 43.4 Å². The van der Waals surface area contributed by atoms with E-state index < -0.39 is 0 Å². The Morgan fingerprint density at radius 3 is 2.69 bits per heavy atom. The van der Waals surface area contributed by atoms with E-state index in [9.17, 15) is 0 Å². The minimum absolute atomic E-state index is 0.184. The maximum Gasteiger partial charge on any atom is 0.0937 e. The van der Waals surface area contributed by atoms with E-state index in [1.165, 1.54) is 47.8 Å². The first kappa shape index (κ1) is 21.4. The van der Waals surface area contributed by atoms with Crippen LogP contribution in [0.25, 0.3) is 10.9 Å². The molecule has 0 spiro atoms. The molecular weight excluding hydrogens is 432 g/mol. The summed E-state index contributed by atoms with van der Waals surface area (Å²) in [5, 5.41) is 13.8. The van der Waals surface area contributed by atoms with Crippen LogP contribution in [0.5, 0.6) is 0 Å². The molecule has 2 aromatic heterocycles. The summed E-state index contributed by atoms with van der Waals surface area (Å²) >= 11 is 0. The van der Waals surface area contributed by atoms with E-state index >= 15 is 0 Å². The fraction of sp³-hybridized carbons (Fsp3) is 0.517. The van der Waals surface area contributed by atoms with Crippen LogP contribution in [0.15, 0.2) is 42.6 Å². The Morgan fingerprint density at radius 2 is 2.00 bits per heavy atom. The predicted molar refractivity (Wildman–Crippen MR) is 138 cm³/mol. The Labute approximate surface area is 207 Å². The first-order chi connectivity index (χ1) is 17.2. The molecule has 2 aliphatic carbocycles. The number of H-pyrrole nitrogens is 1. The van der Waals surface area contributed by atoms with E-state index in [2.05, 4.69) is 69.5 Å². The Hall–Kier alpha value is -2.88. The van der Waals surface area contributed by atoms with Crippen LogP contribution in [-0.2, 0) is 6.42 Å². The number of aromatic nitrogens is 2. The fourth-order valence-corrected chi connectivity index (χ4v) is 7.49. The maximum atomic E-state index is 8.79. The zero-order chi connectivity index (χ0) is 23.6. The molecule has 3 aromatic rings. The molecule has 180 valence electrons. The van der Waals surface area contributed by atoms with Crippen LogP contribution in [0.2, 0.25) is 0 Å². The average molecular weight is 467 g/mol. The molecule has 0 amide bonds. The molecule has 1 aromatic carbocycles. The van der Waals surface area contributed by atoms with Crippen molar-refractivity contribution in [2.45, 2.75) is 69.1 Å². The lowest BCUT2D eigenvalue weighted by Gasteiger charge is -2.67. The number of nitrogens with zero attached hydrogens (tertiary/aromatic N) is 4. The lowest BCUT2D eigenvalue weighted by atomic mass is 9.51. The second-order valence-electron chi connectivity index (χ2n) is 11.3. The summed E-state index contributed by atoms with van der Waals surface area (Å²) in [6.07, 6.45) is 9.18. The van der Waals surface area contributed by atoms with Gasteiger partial charge in [0, 0.05) is 54.2 Å². The quantitative estimate of drug-likeness (QED) is 0.543. The van der Waals surface area contributed by atoms with Crippen LogP contribution < -0.4 is 5.32 Å². The van der Waals surface area contributed by atoms with E-state index in [1.807, 2.05) is 6.20 Å². The van der Waals surface area contributed by atoms with Gasteiger partial charge in [0.15, 0.2) is 0 Å². The van der Waals surface area contributed by atoms with Crippen molar-refractivity contribution >= 4 is 16.6 Å². The SMILES string of the molecule is C[C@@H]1Cc2c([nH]c3ccccc23)[C@@H](c2ccc(NC3CN(CCC#N)C3)cn2)N1C12CCC1CC2. The molecule has 4 heterocycles. The van der Waals surface area contributed by atoms with Gasteiger partial charge in [-0.05, 0) is 68.7 Å². The Balaban J connectivity index is 1.20. The molecule has 3 fully saturated rings. The van der Waals surface area contributed by atoms with Crippen LogP contribution in [0, 0.1) is 17.2 Å². The van der Waals surface area contributed by atoms with Crippen LogP contribution >= 0.6 is 0 Å². The first-order valence-electron chi connectivity index (χ1n) is 13.4. The molecule has 2 N–H and O–H groups in total. The minimum atomic E-state index is 0.184. The number of fused-ring (bicyclic) bond motifs is 4. The largest absolute Gasteiger partial charge is 0.378 e. The lowest BCUT2D eigenvalue weighted by molar-refractivity contribution is -0.153. The second kappa shape index (κ2) is 8.08. The highest BCUT2D eigenvalue weighted by Crippen LogP contribution is 2.61. The van der Waals surface area contributed by atoms with Crippen LogP contribution in [0.3, 0.4) is 0 Å². The van der Waals surface area contributed by atoms with Gasteiger partial charge in [-0.25, -0.2) is 0 Å². The summed E-state index contributed by atoms with van der Waals surface area (Å²) in [5.74, 6) is 0.863. The van der Waals surface area contributed by atoms with Crippen molar-refractivity contribution in [1.29, 1.82) is 5.26 Å². The fourth-order valence-electron chi connectivity index (χ4n) is 7.49. The summed E-state index contributed by atoms with van der Waals surface area (Å²) in [7, 11) is 0. The van der Waals surface area contributed by atoms with Crippen LogP contribution in [0.1, 0.15) is 62.0 Å². The number of rotatable bonds is 6. The summed E-state index contributed by atoms with van der Waals surface area (Å²) in [4.78, 5) is 14.1. The van der Waals surface area contributed by atoms with Gasteiger partial charge in [-0.15, -0.1) is 0 Å². The van der Waals surface area contributed by atoms with E-state index in [0.29, 0.717) is 24.0 Å².